The Bertz CT molecular complexity index is 929. The van der Waals surface area contributed by atoms with Crippen LogP contribution in [-0.2, 0) is 0 Å². The van der Waals surface area contributed by atoms with Crippen LogP contribution in [0.5, 0.6) is 5.75 Å². The molecule has 5 nitrogen and oxygen atoms in total. The lowest BCUT2D eigenvalue weighted by molar-refractivity contribution is -0.0498. The molecule has 1 heterocycles. The van der Waals surface area contributed by atoms with Crippen LogP contribution in [0, 0.1) is 0 Å². The van der Waals surface area contributed by atoms with Crippen molar-refractivity contribution in [3.05, 3.63) is 60.7 Å². The summed E-state index contributed by atoms with van der Waals surface area (Å²) in [5.74, 6) is 1.32. The van der Waals surface area contributed by atoms with Crippen molar-refractivity contribution in [2.24, 2.45) is 0 Å². The number of nitrogens with zero attached hydrogens (tertiary/aromatic N) is 2. The third-order valence-corrected chi connectivity index (χ3v) is 4.84. The van der Waals surface area contributed by atoms with Gasteiger partial charge in [0.25, 0.3) is 0 Å². The van der Waals surface area contributed by atoms with Gasteiger partial charge in [-0.2, -0.15) is 13.8 Å². The van der Waals surface area contributed by atoms with Gasteiger partial charge in [0.05, 0.1) is 5.69 Å². The van der Waals surface area contributed by atoms with E-state index in [9.17, 15) is 8.78 Å². The number of hydrogen-bond donors (Lipinski definition) is 2. The second-order valence-corrected chi connectivity index (χ2v) is 6.98. The van der Waals surface area contributed by atoms with Gasteiger partial charge in [-0.25, -0.2) is 4.98 Å². The van der Waals surface area contributed by atoms with Gasteiger partial charge in [0.15, 0.2) is 0 Å². The van der Waals surface area contributed by atoms with Crippen LogP contribution in [0.4, 0.5) is 26.2 Å². The Balaban J connectivity index is 1.59. The summed E-state index contributed by atoms with van der Waals surface area (Å²) in [7, 11) is 0. The smallest absolute Gasteiger partial charge is 0.387 e. The van der Waals surface area contributed by atoms with Crippen molar-refractivity contribution in [2.75, 3.05) is 10.6 Å². The highest BCUT2D eigenvalue weighted by Crippen LogP contribution is 2.27. The van der Waals surface area contributed by atoms with E-state index in [1.807, 2.05) is 36.4 Å². The van der Waals surface area contributed by atoms with E-state index in [0.29, 0.717) is 17.8 Å². The molecule has 0 atom stereocenters. The van der Waals surface area contributed by atoms with Crippen molar-refractivity contribution >= 4 is 17.5 Å². The summed E-state index contributed by atoms with van der Waals surface area (Å²) in [4.78, 5) is 9.29. The summed E-state index contributed by atoms with van der Waals surface area (Å²) in [5.41, 5.74) is 2.52. The summed E-state index contributed by atoms with van der Waals surface area (Å²) in [6, 6.07) is 18.5. The normalized spacial score (nSPS) is 14.2. The molecule has 0 amide bonds. The molecule has 0 bridgehead atoms. The maximum Gasteiger partial charge on any atom is 0.387 e. The van der Waals surface area contributed by atoms with Crippen LogP contribution < -0.4 is 15.4 Å². The molecule has 0 radical (unpaired) electrons. The number of anilines is 3. The fourth-order valence-electron chi connectivity index (χ4n) is 3.45. The lowest BCUT2D eigenvalue weighted by Crippen LogP contribution is -2.17. The zero-order valence-electron chi connectivity index (χ0n) is 15.8. The first-order valence-corrected chi connectivity index (χ1v) is 9.69. The van der Waals surface area contributed by atoms with Gasteiger partial charge in [-0.05, 0) is 37.1 Å². The zero-order chi connectivity index (χ0) is 20.1. The fraction of sp³-hybridized carbons (Fsp3) is 0.273. The summed E-state index contributed by atoms with van der Waals surface area (Å²) < 4.78 is 29.0. The van der Waals surface area contributed by atoms with Gasteiger partial charge in [-0.3, -0.25) is 0 Å². The number of ether oxygens (including phenoxy) is 1. The minimum absolute atomic E-state index is 0.113. The van der Waals surface area contributed by atoms with Crippen molar-refractivity contribution < 1.29 is 13.5 Å². The monoisotopic (exact) mass is 396 g/mol. The van der Waals surface area contributed by atoms with Crippen LogP contribution >= 0.6 is 0 Å². The lowest BCUT2D eigenvalue weighted by Gasteiger charge is -2.15. The molecule has 1 aromatic heterocycles. The third-order valence-electron chi connectivity index (χ3n) is 4.84. The molecule has 0 aliphatic heterocycles. The minimum Gasteiger partial charge on any atom is -0.435 e. The standard InChI is InChI=1S/C22H22F2N4O/c23-21(24)29-18-12-10-17(11-13-18)25-20-14-19(15-6-2-1-3-7-15)27-22(28-20)26-16-8-4-5-9-16/h1-3,6-7,10-14,16,21H,4-5,8-9H2,(H2,25,26,27,28). The lowest BCUT2D eigenvalue weighted by atomic mass is 10.1. The summed E-state index contributed by atoms with van der Waals surface area (Å²) >= 11 is 0. The van der Waals surface area contributed by atoms with Crippen LogP contribution in [0.3, 0.4) is 0 Å². The third kappa shape index (κ3) is 5.19. The predicted molar refractivity (Wildman–Crippen MR) is 110 cm³/mol. The molecule has 0 unspecified atom stereocenters. The number of hydrogen-bond acceptors (Lipinski definition) is 5. The quantitative estimate of drug-likeness (QED) is 0.525. The van der Waals surface area contributed by atoms with Gasteiger partial charge in [0, 0.05) is 23.4 Å². The van der Waals surface area contributed by atoms with Crippen molar-refractivity contribution in [2.45, 2.75) is 38.3 Å². The Morgan fingerprint density at radius 2 is 1.66 bits per heavy atom. The molecule has 150 valence electrons. The van der Waals surface area contributed by atoms with Gasteiger partial charge < -0.3 is 15.4 Å². The highest BCUT2D eigenvalue weighted by molar-refractivity contribution is 5.67. The largest absolute Gasteiger partial charge is 0.435 e. The highest BCUT2D eigenvalue weighted by Gasteiger charge is 2.17. The molecular weight excluding hydrogens is 374 g/mol. The Labute approximate surface area is 168 Å². The fourth-order valence-corrected chi connectivity index (χ4v) is 3.45. The van der Waals surface area contributed by atoms with Gasteiger partial charge in [0.2, 0.25) is 5.95 Å². The average molecular weight is 396 g/mol. The SMILES string of the molecule is FC(F)Oc1ccc(Nc2cc(-c3ccccc3)nc(NC3CCCC3)n2)cc1. The van der Waals surface area contributed by atoms with E-state index in [2.05, 4.69) is 25.3 Å². The Morgan fingerprint density at radius 1 is 0.931 bits per heavy atom. The van der Waals surface area contributed by atoms with E-state index in [0.717, 1.165) is 29.8 Å². The summed E-state index contributed by atoms with van der Waals surface area (Å²) in [5, 5.41) is 6.67. The topological polar surface area (TPSA) is 59.1 Å². The minimum atomic E-state index is -2.84. The van der Waals surface area contributed by atoms with Crippen LogP contribution in [0.1, 0.15) is 25.7 Å². The van der Waals surface area contributed by atoms with Crippen molar-refractivity contribution in [1.82, 2.24) is 9.97 Å². The number of rotatable bonds is 7. The van der Waals surface area contributed by atoms with Gasteiger partial charge >= 0.3 is 6.61 Å². The molecule has 4 rings (SSSR count). The molecule has 0 saturated heterocycles. The summed E-state index contributed by atoms with van der Waals surface area (Å²) in [6.07, 6.45) is 4.67. The molecule has 3 aromatic rings. The van der Waals surface area contributed by atoms with E-state index < -0.39 is 6.61 Å². The molecule has 0 spiro atoms. The van der Waals surface area contributed by atoms with Crippen molar-refractivity contribution in [3.8, 4) is 17.0 Å². The van der Waals surface area contributed by atoms with Gasteiger partial charge in [-0.15, -0.1) is 0 Å². The van der Waals surface area contributed by atoms with E-state index in [4.69, 9.17) is 0 Å². The van der Waals surface area contributed by atoms with E-state index in [1.165, 1.54) is 25.0 Å². The molecule has 1 aliphatic carbocycles. The number of alkyl halides is 2. The van der Waals surface area contributed by atoms with Gasteiger partial charge in [0.1, 0.15) is 11.6 Å². The summed E-state index contributed by atoms with van der Waals surface area (Å²) in [6.45, 7) is -2.84. The van der Waals surface area contributed by atoms with Crippen LogP contribution in [0.2, 0.25) is 0 Å². The second-order valence-electron chi connectivity index (χ2n) is 6.98. The Hall–Kier alpha value is -3.22. The Morgan fingerprint density at radius 3 is 2.34 bits per heavy atom. The molecule has 1 aliphatic rings. The number of aromatic nitrogens is 2. The number of nitrogens with one attached hydrogen (secondary N) is 2. The van der Waals surface area contributed by atoms with Crippen LogP contribution in [0.25, 0.3) is 11.3 Å². The number of halogens is 2. The molecular formula is C22H22F2N4O. The highest BCUT2D eigenvalue weighted by atomic mass is 19.3. The Kier molecular flexibility index (Phi) is 5.84. The maximum absolute atomic E-state index is 12.3. The molecule has 2 N–H and O–H groups in total. The number of benzene rings is 2. The molecule has 1 saturated carbocycles. The van der Waals surface area contributed by atoms with Crippen molar-refractivity contribution in [3.63, 3.8) is 0 Å². The van der Waals surface area contributed by atoms with Gasteiger partial charge in [-0.1, -0.05) is 43.2 Å². The first-order valence-electron chi connectivity index (χ1n) is 9.69. The molecule has 7 heteroatoms. The van der Waals surface area contributed by atoms with Crippen LogP contribution in [-0.4, -0.2) is 22.6 Å². The average Bonchev–Trinajstić information content (AvgIpc) is 3.23. The molecule has 2 aromatic carbocycles. The second kappa shape index (κ2) is 8.86. The maximum atomic E-state index is 12.3. The molecule has 1 fully saturated rings. The first kappa shape index (κ1) is 19.1. The van der Waals surface area contributed by atoms with Crippen LogP contribution in [0.15, 0.2) is 60.7 Å². The van der Waals surface area contributed by atoms with Crippen molar-refractivity contribution in [1.29, 1.82) is 0 Å². The zero-order valence-corrected chi connectivity index (χ0v) is 15.8. The predicted octanol–water partition coefficient (Wildman–Crippen LogP) is 5.84. The van der Waals surface area contributed by atoms with E-state index >= 15 is 0 Å². The van der Waals surface area contributed by atoms with E-state index in [1.54, 1.807) is 12.1 Å². The first-order chi connectivity index (χ1) is 14.2. The van der Waals surface area contributed by atoms with E-state index in [-0.39, 0.29) is 5.75 Å². The molecule has 29 heavy (non-hydrogen) atoms.